The first kappa shape index (κ1) is 33.8. The topological polar surface area (TPSA) is 155 Å². The summed E-state index contributed by atoms with van der Waals surface area (Å²) in [6.45, 7) is 14.4. The molecule has 11 heteroatoms. The van der Waals surface area contributed by atoms with Crippen LogP contribution in [0.15, 0.2) is 24.5 Å². The van der Waals surface area contributed by atoms with Crippen molar-refractivity contribution >= 4 is 23.6 Å². The predicted molar refractivity (Wildman–Crippen MR) is 150 cm³/mol. The lowest BCUT2D eigenvalue weighted by Gasteiger charge is -2.28. The van der Waals surface area contributed by atoms with Crippen molar-refractivity contribution in [1.29, 1.82) is 0 Å². The molecule has 1 unspecified atom stereocenters. The van der Waals surface area contributed by atoms with E-state index in [0.29, 0.717) is 49.4 Å². The van der Waals surface area contributed by atoms with E-state index in [9.17, 15) is 24.4 Å². The summed E-state index contributed by atoms with van der Waals surface area (Å²) in [5, 5.41) is 25.9. The Morgan fingerprint density at radius 1 is 0.897 bits per heavy atom. The van der Waals surface area contributed by atoms with Gasteiger partial charge >= 0.3 is 0 Å². The lowest BCUT2D eigenvalue weighted by molar-refractivity contribution is -0.605. The number of nitrogens with one attached hydrogen (secondary N) is 5. The third-order valence-electron chi connectivity index (χ3n) is 6.57. The first-order valence-electron chi connectivity index (χ1n) is 14.0. The summed E-state index contributed by atoms with van der Waals surface area (Å²) in [6, 6.07) is 0.481. The lowest BCUT2D eigenvalue weighted by atomic mass is 9.97. The Morgan fingerprint density at radius 2 is 1.54 bits per heavy atom. The molecule has 1 aromatic heterocycles. The molecule has 0 aliphatic heterocycles. The van der Waals surface area contributed by atoms with Crippen molar-refractivity contribution in [2.24, 2.45) is 11.8 Å². The van der Waals surface area contributed by atoms with Crippen molar-refractivity contribution in [2.45, 2.75) is 98.3 Å². The third kappa shape index (κ3) is 12.0. The highest BCUT2D eigenvalue weighted by Crippen LogP contribution is 2.11. The maximum absolute atomic E-state index is 13.4. The van der Waals surface area contributed by atoms with Gasteiger partial charge in [0.25, 0.3) is 5.91 Å². The molecule has 220 valence electrons. The van der Waals surface area contributed by atoms with E-state index < -0.39 is 29.9 Å². The van der Waals surface area contributed by atoms with Crippen LogP contribution in [0, 0.1) is 17.0 Å². The Balaban J connectivity index is 2.96. The number of likely N-dealkylation sites (N-methyl/N-ethyl adjacent to an activating group) is 1. The summed E-state index contributed by atoms with van der Waals surface area (Å²) in [5.74, 6) is -1.22. The second-order valence-corrected chi connectivity index (χ2v) is 10.5. The number of pyridine rings is 1. The molecule has 0 aromatic carbocycles. The van der Waals surface area contributed by atoms with Gasteiger partial charge in [-0.2, -0.15) is 4.73 Å². The molecule has 11 nitrogen and oxygen atoms in total. The zero-order valence-corrected chi connectivity index (χ0v) is 24.5. The summed E-state index contributed by atoms with van der Waals surface area (Å²) in [6.07, 6.45) is 4.85. The lowest BCUT2D eigenvalue weighted by Crippen LogP contribution is -2.57. The molecule has 0 spiro atoms. The van der Waals surface area contributed by atoms with E-state index in [-0.39, 0.29) is 29.3 Å². The van der Waals surface area contributed by atoms with Crippen LogP contribution in [0.25, 0.3) is 0 Å². The van der Waals surface area contributed by atoms with E-state index >= 15 is 0 Å². The Labute approximate surface area is 232 Å². The van der Waals surface area contributed by atoms with Gasteiger partial charge in [-0.05, 0) is 38.5 Å². The Hall–Kier alpha value is -3.21. The average molecular weight is 549 g/mol. The first-order valence-corrected chi connectivity index (χ1v) is 14.0. The molecule has 0 saturated carbocycles. The van der Waals surface area contributed by atoms with Gasteiger partial charge in [0.05, 0.1) is 11.6 Å². The van der Waals surface area contributed by atoms with Crippen LogP contribution in [0.3, 0.4) is 0 Å². The van der Waals surface area contributed by atoms with E-state index in [2.05, 4.69) is 40.4 Å². The van der Waals surface area contributed by atoms with Crippen molar-refractivity contribution < 1.29 is 23.9 Å². The van der Waals surface area contributed by atoms with Crippen LogP contribution in [0.4, 0.5) is 0 Å². The number of nitrogens with zero attached hydrogens (tertiary/aromatic N) is 1. The fourth-order valence-electron chi connectivity index (χ4n) is 4.11. The molecule has 4 amide bonds. The normalized spacial score (nSPS) is 15.0. The Kier molecular flexibility index (Phi) is 15.1. The largest absolute Gasteiger partial charge is 0.619 e. The highest BCUT2D eigenvalue weighted by Gasteiger charge is 2.31. The molecule has 5 atom stereocenters. The zero-order valence-electron chi connectivity index (χ0n) is 24.5. The number of amides is 4. The molecular formula is C28H48N6O5. The SMILES string of the molecule is CCC[C@H](NC(=O)[C@@H](NC(=O)c1cc[n+]([O-])cc1)C(C)CC)C(=O)N[C@H](CN[C@@H](C)C(=O)NCC)CC(C)C. The van der Waals surface area contributed by atoms with Gasteiger partial charge in [0.15, 0.2) is 12.4 Å². The Morgan fingerprint density at radius 3 is 2.08 bits per heavy atom. The van der Waals surface area contributed by atoms with E-state index in [0.717, 1.165) is 0 Å². The van der Waals surface area contributed by atoms with Gasteiger partial charge in [-0.25, -0.2) is 0 Å². The summed E-state index contributed by atoms with van der Waals surface area (Å²) < 4.78 is 0.576. The van der Waals surface area contributed by atoms with E-state index in [1.54, 1.807) is 6.92 Å². The van der Waals surface area contributed by atoms with Gasteiger partial charge < -0.3 is 31.8 Å². The van der Waals surface area contributed by atoms with Gasteiger partial charge in [0, 0.05) is 31.3 Å². The number of aromatic nitrogens is 1. The molecule has 0 radical (unpaired) electrons. The number of hydrogen-bond donors (Lipinski definition) is 5. The van der Waals surface area contributed by atoms with Gasteiger partial charge in [-0.15, -0.1) is 0 Å². The van der Waals surface area contributed by atoms with E-state index in [4.69, 9.17) is 0 Å². The molecule has 0 bridgehead atoms. The van der Waals surface area contributed by atoms with E-state index in [1.165, 1.54) is 24.5 Å². The van der Waals surface area contributed by atoms with Crippen LogP contribution in [0.5, 0.6) is 0 Å². The summed E-state index contributed by atoms with van der Waals surface area (Å²) in [7, 11) is 0. The monoisotopic (exact) mass is 548 g/mol. The second-order valence-electron chi connectivity index (χ2n) is 10.5. The highest BCUT2D eigenvalue weighted by molar-refractivity contribution is 5.98. The van der Waals surface area contributed by atoms with Gasteiger partial charge in [0.1, 0.15) is 12.1 Å². The summed E-state index contributed by atoms with van der Waals surface area (Å²) >= 11 is 0. The van der Waals surface area contributed by atoms with Crippen molar-refractivity contribution in [3.8, 4) is 0 Å². The molecule has 0 aliphatic carbocycles. The first-order chi connectivity index (χ1) is 18.4. The molecule has 0 saturated heterocycles. The Bertz CT molecular complexity index is 924. The average Bonchev–Trinajstić information content (AvgIpc) is 2.89. The van der Waals surface area contributed by atoms with Crippen LogP contribution < -0.4 is 31.3 Å². The van der Waals surface area contributed by atoms with Crippen molar-refractivity contribution in [3.63, 3.8) is 0 Å². The number of carbonyl (C=O) groups excluding carboxylic acids is 4. The second kappa shape index (κ2) is 17.4. The minimum Gasteiger partial charge on any atom is -0.619 e. The fraction of sp³-hybridized carbons (Fsp3) is 0.679. The molecule has 1 aromatic rings. The smallest absolute Gasteiger partial charge is 0.252 e. The quantitative estimate of drug-likeness (QED) is 0.146. The fourth-order valence-corrected chi connectivity index (χ4v) is 4.11. The zero-order chi connectivity index (χ0) is 29.5. The summed E-state index contributed by atoms with van der Waals surface area (Å²) in [4.78, 5) is 51.5. The van der Waals surface area contributed by atoms with Gasteiger partial charge in [-0.3, -0.25) is 19.2 Å². The summed E-state index contributed by atoms with van der Waals surface area (Å²) in [5.41, 5.74) is 0.261. The van der Waals surface area contributed by atoms with Crippen LogP contribution in [0.1, 0.15) is 84.5 Å². The van der Waals surface area contributed by atoms with E-state index in [1.807, 2.05) is 27.7 Å². The molecular weight excluding hydrogens is 500 g/mol. The van der Waals surface area contributed by atoms with Crippen LogP contribution in [-0.4, -0.2) is 60.9 Å². The molecule has 39 heavy (non-hydrogen) atoms. The van der Waals surface area contributed by atoms with Crippen molar-refractivity contribution in [2.75, 3.05) is 13.1 Å². The van der Waals surface area contributed by atoms with Crippen molar-refractivity contribution in [1.82, 2.24) is 26.6 Å². The van der Waals surface area contributed by atoms with Crippen LogP contribution >= 0.6 is 0 Å². The highest BCUT2D eigenvalue weighted by atomic mass is 16.5. The number of hydrogen-bond acceptors (Lipinski definition) is 6. The molecule has 0 aliphatic rings. The third-order valence-corrected chi connectivity index (χ3v) is 6.57. The minimum atomic E-state index is -0.861. The van der Waals surface area contributed by atoms with Gasteiger partial charge in [-0.1, -0.05) is 47.5 Å². The number of rotatable bonds is 17. The maximum atomic E-state index is 13.4. The number of carbonyl (C=O) groups is 4. The molecule has 0 fully saturated rings. The molecule has 5 N–H and O–H groups in total. The predicted octanol–water partition coefficient (Wildman–Crippen LogP) is 1.39. The van der Waals surface area contributed by atoms with Crippen LogP contribution in [0.2, 0.25) is 0 Å². The standard InChI is InChI=1S/C28H48N6O5/c1-8-11-23(27(37)31-22(16-18(4)5)17-30-20(7)25(35)29-10-3)32-28(38)24(19(6)9-2)33-26(36)21-12-14-34(39)15-13-21/h12-15,18-20,22-24,30H,8-11,16-17H2,1-7H3,(H,29,35)(H,31,37)(H,32,38)(H,33,36)/t19?,20-,22-,23-,24-/m0/s1. The molecule has 1 rings (SSSR count). The molecule has 1 heterocycles. The maximum Gasteiger partial charge on any atom is 0.252 e. The minimum absolute atomic E-state index is 0.107. The van der Waals surface area contributed by atoms with Gasteiger partial charge in [0.2, 0.25) is 17.7 Å². The van der Waals surface area contributed by atoms with Crippen LogP contribution in [-0.2, 0) is 14.4 Å². The van der Waals surface area contributed by atoms with Crippen molar-refractivity contribution in [3.05, 3.63) is 35.3 Å².